The number of hydrogen-bond acceptors (Lipinski definition) is 3. The Morgan fingerprint density at radius 1 is 1.56 bits per heavy atom. The minimum absolute atomic E-state index is 0.232. The molecule has 0 N–H and O–H groups in total. The maximum absolute atomic E-state index is 10.5. The van der Waals surface area contributed by atoms with Crippen molar-refractivity contribution in [3.63, 3.8) is 0 Å². The van der Waals surface area contributed by atoms with E-state index in [1.54, 1.807) is 6.07 Å². The van der Waals surface area contributed by atoms with Crippen molar-refractivity contribution in [3.8, 4) is 0 Å². The lowest BCUT2D eigenvalue weighted by molar-refractivity contribution is 0.104. The Balaban J connectivity index is 2.98. The first kappa shape index (κ1) is 5.88. The number of aromatic nitrogens is 2. The van der Waals surface area contributed by atoms with Crippen molar-refractivity contribution >= 4 is 5.78 Å². The van der Waals surface area contributed by atoms with Crippen LogP contribution in [0, 0.1) is 6.92 Å². The molecule has 1 rings (SSSR count). The Morgan fingerprint density at radius 3 is 2.67 bits per heavy atom. The molecular weight excluding hydrogens is 116 g/mol. The van der Waals surface area contributed by atoms with Crippen LogP contribution in [0.2, 0.25) is 0 Å². The summed E-state index contributed by atoms with van der Waals surface area (Å²) in [6, 6.07) is 1.57. The second kappa shape index (κ2) is 2.35. The lowest BCUT2D eigenvalue weighted by atomic mass is 10.2. The maximum Gasteiger partial charge on any atom is 0.164 e. The van der Waals surface area contributed by atoms with Gasteiger partial charge >= 0.3 is 0 Å². The topological polar surface area (TPSA) is 42.9 Å². The van der Waals surface area contributed by atoms with Crippen LogP contribution in [0.5, 0.6) is 0 Å². The molecule has 0 aromatic carbocycles. The number of rotatable bonds is 1. The summed E-state index contributed by atoms with van der Waals surface area (Å²) in [5.74, 6) is -0.232. The molecule has 1 heterocycles. The molecule has 1 aromatic rings. The number of carbonyl (C=O) groups is 1. The summed E-state index contributed by atoms with van der Waals surface area (Å²) in [5.41, 5.74) is 0.491. The van der Waals surface area contributed by atoms with E-state index in [1.165, 1.54) is 12.4 Å². The molecule has 0 amide bonds. The molecule has 3 heteroatoms. The highest BCUT2D eigenvalue weighted by Gasteiger charge is 1.94. The zero-order valence-electron chi connectivity index (χ0n) is 4.74. The smallest absolute Gasteiger partial charge is 0.164 e. The molecule has 1 aromatic heterocycles. The van der Waals surface area contributed by atoms with Crippen molar-refractivity contribution in [3.05, 3.63) is 30.9 Å². The minimum Gasteiger partial charge on any atom is -0.294 e. The highest BCUT2D eigenvalue weighted by Crippen LogP contribution is 1.92. The Bertz CT molecular complexity index is 208. The fourth-order valence-electron chi connectivity index (χ4n) is 0.456. The zero-order chi connectivity index (χ0) is 6.69. The van der Waals surface area contributed by atoms with Gasteiger partial charge in [-0.25, -0.2) is 0 Å². The number of nitrogens with zero attached hydrogens (tertiary/aromatic N) is 2. The normalized spacial score (nSPS) is 9.00. The predicted molar refractivity (Wildman–Crippen MR) is 31.7 cm³/mol. The van der Waals surface area contributed by atoms with Crippen LogP contribution >= 0.6 is 0 Å². The fraction of sp³-hybridized carbons (Fsp3) is 0. The monoisotopic (exact) mass is 121 g/mol. The summed E-state index contributed by atoms with van der Waals surface area (Å²) in [6.45, 7) is 3.20. The third-order valence-electron chi connectivity index (χ3n) is 0.906. The average molecular weight is 121 g/mol. The Labute approximate surface area is 52.7 Å². The zero-order valence-corrected chi connectivity index (χ0v) is 4.74. The molecule has 0 aliphatic rings. The third-order valence-corrected chi connectivity index (χ3v) is 0.906. The molecule has 45 valence electrons. The summed E-state index contributed by atoms with van der Waals surface area (Å²) in [5, 5.41) is 6.99. The van der Waals surface area contributed by atoms with Gasteiger partial charge in [0.05, 0.1) is 12.4 Å². The molecule has 9 heavy (non-hydrogen) atoms. The molecule has 1 radical (unpaired) electrons. The summed E-state index contributed by atoms with van der Waals surface area (Å²) >= 11 is 0. The van der Waals surface area contributed by atoms with Gasteiger partial charge < -0.3 is 0 Å². The highest BCUT2D eigenvalue weighted by molar-refractivity contribution is 5.98. The summed E-state index contributed by atoms with van der Waals surface area (Å²) in [7, 11) is 0. The van der Waals surface area contributed by atoms with Crippen LogP contribution < -0.4 is 0 Å². The predicted octanol–water partition coefficient (Wildman–Crippen LogP) is 0.493. The van der Waals surface area contributed by atoms with E-state index < -0.39 is 0 Å². The summed E-state index contributed by atoms with van der Waals surface area (Å²) in [6.07, 6.45) is 2.84. The largest absolute Gasteiger partial charge is 0.294 e. The molecule has 3 nitrogen and oxygen atoms in total. The van der Waals surface area contributed by atoms with E-state index in [4.69, 9.17) is 0 Å². The standard InChI is InChI=1S/C6H5N2O/c1-5(9)6-2-3-7-8-4-6/h2-4H,1H2. The molecule has 0 bridgehead atoms. The number of Topliss-reactive ketones (excluding diaryl/α,β-unsaturated/α-hetero) is 1. The van der Waals surface area contributed by atoms with Gasteiger partial charge in [0.2, 0.25) is 0 Å². The molecule has 0 fully saturated rings. The molecule has 0 saturated heterocycles. The van der Waals surface area contributed by atoms with Gasteiger partial charge in [0.1, 0.15) is 0 Å². The third kappa shape index (κ3) is 1.32. The van der Waals surface area contributed by atoms with Crippen LogP contribution in [0.4, 0.5) is 0 Å². The Morgan fingerprint density at radius 2 is 2.33 bits per heavy atom. The van der Waals surface area contributed by atoms with Crippen molar-refractivity contribution in [2.45, 2.75) is 0 Å². The van der Waals surface area contributed by atoms with Gasteiger partial charge in [-0.05, 0) is 6.07 Å². The highest BCUT2D eigenvalue weighted by atomic mass is 16.1. The van der Waals surface area contributed by atoms with Crippen LogP contribution in [-0.2, 0) is 0 Å². The Kier molecular flexibility index (Phi) is 1.53. The second-order valence-corrected chi connectivity index (χ2v) is 1.55. The van der Waals surface area contributed by atoms with E-state index in [9.17, 15) is 4.79 Å². The lowest BCUT2D eigenvalue weighted by Gasteiger charge is -1.87. The van der Waals surface area contributed by atoms with E-state index in [0.29, 0.717) is 5.56 Å². The van der Waals surface area contributed by atoms with Crippen LogP contribution in [0.15, 0.2) is 18.5 Å². The van der Waals surface area contributed by atoms with Gasteiger partial charge in [0.25, 0.3) is 0 Å². The fourth-order valence-corrected chi connectivity index (χ4v) is 0.456. The van der Waals surface area contributed by atoms with E-state index in [2.05, 4.69) is 17.1 Å². The molecule has 0 aliphatic heterocycles. The number of hydrogen-bond donors (Lipinski definition) is 0. The van der Waals surface area contributed by atoms with Gasteiger partial charge in [0.15, 0.2) is 5.78 Å². The van der Waals surface area contributed by atoms with Gasteiger partial charge in [-0.15, -0.1) is 0 Å². The van der Waals surface area contributed by atoms with Crippen molar-refractivity contribution in [2.75, 3.05) is 0 Å². The van der Waals surface area contributed by atoms with Crippen LogP contribution in [0.1, 0.15) is 10.4 Å². The maximum atomic E-state index is 10.5. The summed E-state index contributed by atoms with van der Waals surface area (Å²) in [4.78, 5) is 10.5. The van der Waals surface area contributed by atoms with Crippen molar-refractivity contribution in [1.29, 1.82) is 0 Å². The van der Waals surface area contributed by atoms with Crippen molar-refractivity contribution in [1.82, 2.24) is 10.2 Å². The van der Waals surface area contributed by atoms with Gasteiger partial charge in [-0.2, -0.15) is 10.2 Å². The van der Waals surface area contributed by atoms with Gasteiger partial charge in [0, 0.05) is 12.5 Å². The molecule has 0 atom stereocenters. The molecule has 0 unspecified atom stereocenters. The molecular formula is C6H5N2O. The second-order valence-electron chi connectivity index (χ2n) is 1.55. The van der Waals surface area contributed by atoms with E-state index in [-0.39, 0.29) is 5.78 Å². The van der Waals surface area contributed by atoms with Gasteiger partial charge in [-0.1, -0.05) is 0 Å². The first-order chi connectivity index (χ1) is 4.30. The molecule has 0 spiro atoms. The van der Waals surface area contributed by atoms with E-state index >= 15 is 0 Å². The first-order valence-corrected chi connectivity index (χ1v) is 2.43. The number of ketones is 1. The van der Waals surface area contributed by atoms with E-state index in [1.807, 2.05) is 0 Å². The molecule has 0 aliphatic carbocycles. The average Bonchev–Trinajstić information content (AvgIpc) is 1.90. The first-order valence-electron chi connectivity index (χ1n) is 2.43. The SMILES string of the molecule is [CH2]C(=O)c1ccnnc1. The van der Waals surface area contributed by atoms with Crippen molar-refractivity contribution in [2.24, 2.45) is 0 Å². The number of carbonyl (C=O) groups excluding carboxylic acids is 1. The van der Waals surface area contributed by atoms with Crippen molar-refractivity contribution < 1.29 is 4.79 Å². The summed E-state index contributed by atoms with van der Waals surface area (Å²) < 4.78 is 0. The van der Waals surface area contributed by atoms with Crippen LogP contribution in [0.3, 0.4) is 0 Å². The lowest BCUT2D eigenvalue weighted by Crippen LogP contribution is -1.92. The van der Waals surface area contributed by atoms with Crippen LogP contribution in [-0.4, -0.2) is 16.0 Å². The van der Waals surface area contributed by atoms with E-state index in [0.717, 1.165) is 0 Å². The minimum atomic E-state index is -0.232. The van der Waals surface area contributed by atoms with Gasteiger partial charge in [-0.3, -0.25) is 4.79 Å². The molecule has 0 saturated carbocycles. The quantitative estimate of drug-likeness (QED) is 0.508. The Hall–Kier alpha value is -1.25. The van der Waals surface area contributed by atoms with Crippen LogP contribution in [0.25, 0.3) is 0 Å².